The van der Waals surface area contributed by atoms with Crippen LogP contribution in [0.3, 0.4) is 0 Å². The maximum absolute atomic E-state index is 6.53. The van der Waals surface area contributed by atoms with Crippen LogP contribution in [0, 0.1) is 18.1 Å². The van der Waals surface area contributed by atoms with Crippen molar-refractivity contribution in [2.24, 2.45) is 5.92 Å². The van der Waals surface area contributed by atoms with Gasteiger partial charge in [-0.2, -0.15) is 0 Å². The first-order valence-electron chi connectivity index (χ1n) is 19.2. The van der Waals surface area contributed by atoms with Gasteiger partial charge < -0.3 is 14.4 Å². The van der Waals surface area contributed by atoms with Crippen LogP contribution in [-0.4, -0.2) is 23.0 Å². The van der Waals surface area contributed by atoms with E-state index in [0.29, 0.717) is 5.71 Å². The number of rotatable bonds is 7. The Morgan fingerprint density at radius 3 is 2.28 bits per heavy atom. The Hall–Kier alpha value is -4.22. The van der Waals surface area contributed by atoms with Crippen molar-refractivity contribution in [1.29, 1.82) is 0 Å². The van der Waals surface area contributed by atoms with E-state index in [-0.39, 0.29) is 25.5 Å². The van der Waals surface area contributed by atoms with Crippen LogP contribution in [0.5, 0.6) is 0 Å². The molecule has 7 aromatic rings. The van der Waals surface area contributed by atoms with Crippen LogP contribution in [0.2, 0.25) is 19.6 Å². The number of hydrogen-bond acceptors (Lipinski definition) is 4. The van der Waals surface area contributed by atoms with Crippen LogP contribution in [0.25, 0.3) is 55.8 Å². The molecule has 0 spiro atoms. The molecule has 6 heteroatoms. The van der Waals surface area contributed by atoms with Gasteiger partial charge >= 0.3 is 0 Å². The standard InChI is InChI=1S/C32H31N2O.C16H20NSi.Ir/c1-32(2,3)26-15-13-24(28-20-22(17-18-33-28)19-21-9-7-8-10-21)30-29(26)25-14-16-27(34-31(25)35-30)23-11-5-4-6-12-23;1-5-13-11-15(14-9-7-6-8-10-14)17-12-16(13)18(2,3)4;/h4-6,11-12,14-18,20-21H,7-10,19H2,1-3H3;6-9,11-12H,5H2,1-4H3;/q2*-1;. The summed E-state index contributed by atoms with van der Waals surface area (Å²) in [5.41, 5.74) is 11.4. The van der Waals surface area contributed by atoms with Crippen molar-refractivity contribution in [1.82, 2.24) is 15.0 Å². The van der Waals surface area contributed by atoms with Crippen molar-refractivity contribution in [2.75, 3.05) is 0 Å². The van der Waals surface area contributed by atoms with Crippen LogP contribution in [-0.2, 0) is 38.4 Å². The van der Waals surface area contributed by atoms with E-state index in [1.807, 2.05) is 42.6 Å². The molecular formula is C48H51IrN3OSi-2. The van der Waals surface area contributed by atoms with Gasteiger partial charge in [-0.05, 0) is 64.3 Å². The molecule has 1 aliphatic carbocycles. The molecule has 4 heterocycles. The van der Waals surface area contributed by atoms with E-state index in [4.69, 9.17) is 14.4 Å². The zero-order valence-electron chi connectivity index (χ0n) is 32.7. The van der Waals surface area contributed by atoms with Gasteiger partial charge in [0.15, 0.2) is 0 Å². The minimum absolute atomic E-state index is 0. The summed E-state index contributed by atoms with van der Waals surface area (Å²) < 4.78 is 6.53. The monoisotopic (exact) mass is 906 g/mol. The quantitative estimate of drug-likeness (QED) is 0.118. The number of aryl methyl sites for hydroxylation is 1. The summed E-state index contributed by atoms with van der Waals surface area (Å²) in [6.45, 7) is 16.0. The molecule has 0 amide bonds. The molecule has 0 saturated heterocycles. The second-order valence-electron chi connectivity index (χ2n) is 16.6. The second kappa shape index (κ2) is 16.6. The van der Waals surface area contributed by atoms with Crippen molar-refractivity contribution in [3.8, 4) is 33.8 Å². The third-order valence-corrected chi connectivity index (χ3v) is 12.6. The molecule has 1 fully saturated rings. The summed E-state index contributed by atoms with van der Waals surface area (Å²) in [6.07, 6.45) is 11.6. The molecular weight excluding hydrogens is 855 g/mol. The summed E-state index contributed by atoms with van der Waals surface area (Å²) >= 11 is 0. The fraction of sp³-hybridized carbons (Fsp3) is 0.312. The van der Waals surface area contributed by atoms with Gasteiger partial charge in [-0.15, -0.1) is 53.6 Å². The van der Waals surface area contributed by atoms with Crippen molar-refractivity contribution in [3.63, 3.8) is 0 Å². The van der Waals surface area contributed by atoms with Crippen molar-refractivity contribution in [3.05, 3.63) is 132 Å². The normalized spacial score (nSPS) is 13.5. The summed E-state index contributed by atoms with van der Waals surface area (Å²) in [4.78, 5) is 14.3. The smallest absolute Gasteiger partial charge is 0.216 e. The zero-order valence-corrected chi connectivity index (χ0v) is 36.1. The van der Waals surface area contributed by atoms with Crippen LogP contribution in [0.15, 0.2) is 108 Å². The van der Waals surface area contributed by atoms with Crippen LogP contribution in [0.4, 0.5) is 0 Å². The predicted molar refractivity (Wildman–Crippen MR) is 224 cm³/mol. The molecule has 8 rings (SSSR count). The summed E-state index contributed by atoms with van der Waals surface area (Å²) in [6, 6.07) is 38.1. The maximum Gasteiger partial charge on any atom is 0.216 e. The number of benzene rings is 3. The first kappa shape index (κ1) is 39.5. The number of fused-ring (bicyclic) bond motifs is 3. The third kappa shape index (κ3) is 8.67. The predicted octanol–water partition coefficient (Wildman–Crippen LogP) is 12.2. The molecule has 0 atom stereocenters. The zero-order chi connectivity index (χ0) is 37.2. The number of furan rings is 1. The Balaban J connectivity index is 0.000000222. The van der Waals surface area contributed by atoms with E-state index in [0.717, 1.165) is 68.9 Å². The van der Waals surface area contributed by atoms with Crippen LogP contribution >= 0.6 is 0 Å². The average Bonchev–Trinajstić information content (AvgIpc) is 3.82. The van der Waals surface area contributed by atoms with Crippen molar-refractivity contribution in [2.45, 2.75) is 91.3 Å². The SMILES string of the molecule is CC(C)(C)c1c[c-]c(-c2cc(CC3CCCC3)ccn2)c2oc3nc(-c4ccccc4)ccc3c12.CCc1cc(-c2[c-]cccc2)ncc1[Si](C)(C)C.[Ir]. The minimum atomic E-state index is -1.30. The summed E-state index contributed by atoms with van der Waals surface area (Å²) in [7, 11) is -1.30. The van der Waals surface area contributed by atoms with E-state index in [1.165, 1.54) is 47.6 Å². The van der Waals surface area contributed by atoms with Gasteiger partial charge in [-0.3, -0.25) is 0 Å². The second-order valence-corrected chi connectivity index (χ2v) is 21.6. The topological polar surface area (TPSA) is 51.8 Å². The third-order valence-electron chi connectivity index (χ3n) is 10.5. The largest absolute Gasteiger partial charge is 0.486 e. The molecule has 4 nitrogen and oxygen atoms in total. The Morgan fingerprint density at radius 1 is 0.833 bits per heavy atom. The molecule has 1 saturated carbocycles. The number of aromatic nitrogens is 3. The van der Waals surface area contributed by atoms with Gasteiger partial charge in [0.1, 0.15) is 0 Å². The maximum atomic E-state index is 6.53. The molecule has 0 aliphatic heterocycles. The van der Waals surface area contributed by atoms with E-state index < -0.39 is 8.07 Å². The molecule has 3 aromatic carbocycles. The van der Waals surface area contributed by atoms with E-state index >= 15 is 0 Å². The molecule has 1 aliphatic rings. The Labute approximate surface area is 336 Å². The minimum Gasteiger partial charge on any atom is -0.486 e. The first-order valence-corrected chi connectivity index (χ1v) is 22.7. The molecule has 279 valence electrons. The Kier molecular flexibility index (Phi) is 12.2. The van der Waals surface area contributed by atoms with Gasteiger partial charge in [0.05, 0.1) is 19.4 Å². The van der Waals surface area contributed by atoms with Crippen molar-refractivity contribution < 1.29 is 24.5 Å². The van der Waals surface area contributed by atoms with Gasteiger partial charge in [0.2, 0.25) is 5.71 Å². The molecule has 1 radical (unpaired) electrons. The van der Waals surface area contributed by atoms with Gasteiger partial charge in [-0.25, -0.2) is 4.98 Å². The number of hydrogen-bond donors (Lipinski definition) is 0. The molecule has 4 aromatic heterocycles. The molecule has 0 bridgehead atoms. The van der Waals surface area contributed by atoms with Gasteiger partial charge in [0, 0.05) is 43.4 Å². The van der Waals surface area contributed by atoms with E-state index in [9.17, 15) is 0 Å². The van der Waals surface area contributed by atoms with Crippen LogP contribution < -0.4 is 5.19 Å². The first-order chi connectivity index (χ1) is 25.5. The van der Waals surface area contributed by atoms with Gasteiger partial charge in [0.25, 0.3) is 0 Å². The van der Waals surface area contributed by atoms with Crippen molar-refractivity contribution >= 4 is 35.3 Å². The Bertz CT molecular complexity index is 2330. The fourth-order valence-electron chi connectivity index (χ4n) is 7.71. The molecule has 0 unspecified atom stereocenters. The summed E-state index contributed by atoms with van der Waals surface area (Å²) in [5, 5.41) is 3.64. The van der Waals surface area contributed by atoms with Gasteiger partial charge in [-0.1, -0.05) is 132 Å². The van der Waals surface area contributed by atoms with E-state index in [1.54, 1.807) is 0 Å². The average molecular weight is 906 g/mol. The van der Waals surface area contributed by atoms with Crippen LogP contribution in [0.1, 0.15) is 70.1 Å². The Morgan fingerprint density at radius 2 is 1.59 bits per heavy atom. The molecule has 54 heavy (non-hydrogen) atoms. The van der Waals surface area contributed by atoms with E-state index in [2.05, 4.69) is 125 Å². The molecule has 0 N–H and O–H groups in total. The number of pyridine rings is 3. The fourth-order valence-corrected chi connectivity index (χ4v) is 9.37. The summed E-state index contributed by atoms with van der Waals surface area (Å²) in [5.74, 6) is 0.796. The number of nitrogens with zero attached hydrogens (tertiary/aromatic N) is 3.